The van der Waals surface area contributed by atoms with Crippen LogP contribution in [-0.2, 0) is 16.0 Å². The monoisotopic (exact) mass is 292 g/mol. The van der Waals surface area contributed by atoms with Gasteiger partial charge >= 0.3 is 0 Å². The van der Waals surface area contributed by atoms with E-state index in [2.05, 4.69) is 15.2 Å². The minimum absolute atomic E-state index is 0.239. The van der Waals surface area contributed by atoms with Crippen LogP contribution in [0.5, 0.6) is 0 Å². The molecule has 0 spiro atoms. The van der Waals surface area contributed by atoms with Gasteiger partial charge in [-0.25, -0.2) is 0 Å². The Kier molecular flexibility index (Phi) is 4.31. The molecule has 1 atom stereocenters. The second kappa shape index (κ2) is 6.36. The fourth-order valence-corrected chi connectivity index (χ4v) is 2.43. The van der Waals surface area contributed by atoms with Crippen molar-refractivity contribution >= 4 is 0 Å². The Bertz CT molecular complexity index is 587. The van der Waals surface area contributed by atoms with Crippen LogP contribution in [0.3, 0.4) is 0 Å². The van der Waals surface area contributed by atoms with Crippen LogP contribution in [0.1, 0.15) is 30.8 Å². The minimum atomic E-state index is 0.239. The Balaban J connectivity index is 1.79. The van der Waals surface area contributed by atoms with Gasteiger partial charge in [0.25, 0.3) is 5.89 Å². The first-order valence-electron chi connectivity index (χ1n) is 7.32. The van der Waals surface area contributed by atoms with E-state index < -0.39 is 0 Å². The summed E-state index contributed by atoms with van der Waals surface area (Å²) in [7, 11) is 0. The lowest BCUT2D eigenvalue weighted by molar-refractivity contribution is 0.136. The predicted octanol–water partition coefficient (Wildman–Crippen LogP) is 1.78. The molecule has 21 heavy (non-hydrogen) atoms. The molecule has 1 unspecified atom stereocenters. The van der Waals surface area contributed by atoms with Crippen molar-refractivity contribution in [2.24, 2.45) is 0 Å². The summed E-state index contributed by atoms with van der Waals surface area (Å²) in [5.41, 5.74) is 1.76. The highest BCUT2D eigenvalue weighted by Gasteiger charge is 2.24. The normalized spacial score (nSPS) is 18.5. The fourth-order valence-electron chi connectivity index (χ4n) is 2.43. The molecule has 0 aromatic carbocycles. The lowest BCUT2D eigenvalue weighted by Crippen LogP contribution is -2.09. The van der Waals surface area contributed by atoms with Crippen molar-refractivity contribution in [3.63, 3.8) is 0 Å². The van der Waals surface area contributed by atoms with Gasteiger partial charge in [-0.05, 0) is 26.3 Å². The molecule has 1 aliphatic heterocycles. The quantitative estimate of drug-likeness (QED) is 0.755. The zero-order chi connectivity index (χ0) is 14.7. The molecule has 2 aromatic rings. The highest BCUT2D eigenvalue weighted by molar-refractivity contribution is 5.47. The van der Waals surface area contributed by atoms with Crippen LogP contribution >= 0.6 is 0 Å². The molecule has 2 aromatic heterocycles. The molecule has 0 N–H and O–H groups in total. The Morgan fingerprint density at radius 3 is 3.14 bits per heavy atom. The van der Waals surface area contributed by atoms with Crippen molar-refractivity contribution in [1.82, 2.24) is 19.9 Å². The van der Waals surface area contributed by atoms with Crippen LogP contribution in [0.2, 0.25) is 0 Å². The van der Waals surface area contributed by atoms with Gasteiger partial charge in [0.15, 0.2) is 5.82 Å². The Hall–Kier alpha value is -1.73. The third-order valence-corrected chi connectivity index (χ3v) is 3.51. The molecule has 0 radical (unpaired) electrons. The summed E-state index contributed by atoms with van der Waals surface area (Å²) >= 11 is 0. The molecule has 3 heterocycles. The Labute approximate surface area is 123 Å². The van der Waals surface area contributed by atoms with E-state index in [1.807, 2.05) is 24.6 Å². The number of aryl methyl sites for hydroxylation is 1. The summed E-state index contributed by atoms with van der Waals surface area (Å²) in [6, 6.07) is 1.95. The molecule has 7 heteroatoms. The fraction of sp³-hybridized carbons (Fsp3) is 0.643. The van der Waals surface area contributed by atoms with Crippen LogP contribution in [0.25, 0.3) is 11.6 Å². The zero-order valence-corrected chi connectivity index (χ0v) is 12.4. The van der Waals surface area contributed by atoms with Crippen LogP contribution < -0.4 is 0 Å². The molecule has 0 amide bonds. The maximum atomic E-state index is 5.41. The first-order valence-corrected chi connectivity index (χ1v) is 7.32. The van der Waals surface area contributed by atoms with Crippen molar-refractivity contribution in [2.75, 3.05) is 26.4 Å². The van der Waals surface area contributed by atoms with E-state index in [9.17, 15) is 0 Å². The maximum absolute atomic E-state index is 5.41. The lowest BCUT2D eigenvalue weighted by Gasteiger charge is -2.04. The maximum Gasteiger partial charge on any atom is 0.276 e. The van der Waals surface area contributed by atoms with E-state index >= 15 is 0 Å². The molecule has 1 aliphatic rings. The number of hydrogen-bond acceptors (Lipinski definition) is 6. The third kappa shape index (κ3) is 3.14. The summed E-state index contributed by atoms with van der Waals surface area (Å²) in [4.78, 5) is 4.51. The van der Waals surface area contributed by atoms with Crippen LogP contribution in [0.15, 0.2) is 10.6 Å². The van der Waals surface area contributed by atoms with Crippen LogP contribution in [0, 0.1) is 6.92 Å². The van der Waals surface area contributed by atoms with E-state index in [-0.39, 0.29) is 5.92 Å². The van der Waals surface area contributed by atoms with E-state index in [1.54, 1.807) is 0 Å². The van der Waals surface area contributed by atoms with Crippen molar-refractivity contribution in [1.29, 1.82) is 0 Å². The number of aromatic nitrogens is 4. The summed E-state index contributed by atoms with van der Waals surface area (Å²) < 4.78 is 18.0. The summed E-state index contributed by atoms with van der Waals surface area (Å²) in [5, 5.41) is 8.53. The van der Waals surface area contributed by atoms with Crippen LogP contribution in [-0.4, -0.2) is 46.3 Å². The van der Waals surface area contributed by atoms with E-state index in [1.165, 1.54) is 0 Å². The van der Waals surface area contributed by atoms with Crippen molar-refractivity contribution in [3.8, 4) is 11.6 Å². The summed E-state index contributed by atoms with van der Waals surface area (Å²) in [6.07, 6.45) is 0.946. The SMILES string of the molecule is CCOCCn1nc(C)cc1-c1nc(C2CCOC2)no1. The molecule has 0 aliphatic carbocycles. The smallest absolute Gasteiger partial charge is 0.276 e. The topological polar surface area (TPSA) is 75.2 Å². The van der Waals surface area contributed by atoms with Crippen molar-refractivity contribution in [2.45, 2.75) is 32.7 Å². The summed E-state index contributed by atoms with van der Waals surface area (Å²) in [6.45, 7) is 7.33. The highest BCUT2D eigenvalue weighted by atomic mass is 16.5. The van der Waals surface area contributed by atoms with Gasteiger partial charge in [0.1, 0.15) is 5.69 Å². The van der Waals surface area contributed by atoms with E-state index in [0.29, 0.717) is 32.3 Å². The first-order chi connectivity index (χ1) is 10.3. The average molecular weight is 292 g/mol. The molecular formula is C14H20N4O3. The Morgan fingerprint density at radius 1 is 1.48 bits per heavy atom. The second-order valence-corrected chi connectivity index (χ2v) is 5.11. The highest BCUT2D eigenvalue weighted by Crippen LogP contribution is 2.26. The van der Waals surface area contributed by atoms with E-state index in [0.717, 1.165) is 30.2 Å². The molecule has 3 rings (SSSR count). The number of nitrogens with zero attached hydrogens (tertiary/aromatic N) is 4. The van der Waals surface area contributed by atoms with Gasteiger partial charge in [-0.1, -0.05) is 5.16 Å². The lowest BCUT2D eigenvalue weighted by atomic mass is 10.1. The van der Waals surface area contributed by atoms with Gasteiger partial charge < -0.3 is 14.0 Å². The van der Waals surface area contributed by atoms with Gasteiger partial charge in [-0.3, -0.25) is 4.68 Å². The van der Waals surface area contributed by atoms with Gasteiger partial charge in [-0.2, -0.15) is 10.1 Å². The second-order valence-electron chi connectivity index (χ2n) is 5.11. The minimum Gasteiger partial charge on any atom is -0.381 e. The average Bonchev–Trinajstić information content (AvgIpc) is 3.18. The number of rotatable bonds is 6. The van der Waals surface area contributed by atoms with E-state index in [4.69, 9.17) is 14.0 Å². The zero-order valence-electron chi connectivity index (χ0n) is 12.4. The molecule has 0 bridgehead atoms. The standard InChI is InChI=1S/C14H20N4O3/c1-3-19-7-5-18-12(8-10(2)16-18)14-15-13(17-21-14)11-4-6-20-9-11/h8,11H,3-7,9H2,1-2H3. The third-order valence-electron chi connectivity index (χ3n) is 3.51. The number of hydrogen-bond donors (Lipinski definition) is 0. The molecular weight excluding hydrogens is 272 g/mol. The van der Waals surface area contributed by atoms with Gasteiger partial charge in [0.2, 0.25) is 0 Å². The largest absolute Gasteiger partial charge is 0.381 e. The van der Waals surface area contributed by atoms with Gasteiger partial charge in [-0.15, -0.1) is 0 Å². The Morgan fingerprint density at radius 2 is 2.38 bits per heavy atom. The molecule has 0 saturated carbocycles. The van der Waals surface area contributed by atoms with Crippen molar-refractivity contribution < 1.29 is 14.0 Å². The predicted molar refractivity (Wildman–Crippen MR) is 74.9 cm³/mol. The van der Waals surface area contributed by atoms with Gasteiger partial charge in [0, 0.05) is 19.1 Å². The summed E-state index contributed by atoms with van der Waals surface area (Å²) in [5.74, 6) is 1.47. The number of ether oxygens (including phenoxy) is 2. The molecule has 114 valence electrons. The molecule has 7 nitrogen and oxygen atoms in total. The molecule has 1 saturated heterocycles. The molecule has 1 fully saturated rings. The van der Waals surface area contributed by atoms with Gasteiger partial charge in [0.05, 0.1) is 25.5 Å². The first kappa shape index (κ1) is 14.2. The van der Waals surface area contributed by atoms with Crippen LogP contribution in [0.4, 0.5) is 0 Å². The van der Waals surface area contributed by atoms with Crippen molar-refractivity contribution in [3.05, 3.63) is 17.6 Å².